The zero-order chi connectivity index (χ0) is 16.2. The van der Waals surface area contributed by atoms with Gasteiger partial charge in [0.05, 0.1) is 0 Å². The van der Waals surface area contributed by atoms with Crippen LogP contribution in [0.1, 0.15) is 49.7 Å². The summed E-state index contributed by atoms with van der Waals surface area (Å²) in [6.07, 6.45) is 3.17. The number of benzene rings is 2. The Morgan fingerprint density at radius 1 is 0.682 bits per heavy atom. The quantitative estimate of drug-likeness (QED) is 0.720. The first-order valence-corrected chi connectivity index (χ1v) is 7.66. The lowest BCUT2D eigenvalue weighted by atomic mass is 9.99. The van der Waals surface area contributed by atoms with Crippen molar-refractivity contribution in [2.75, 3.05) is 0 Å². The topological polar surface area (TPSA) is 34.1 Å². The van der Waals surface area contributed by atoms with Crippen LogP contribution in [0.3, 0.4) is 0 Å². The van der Waals surface area contributed by atoms with Crippen molar-refractivity contribution in [3.05, 3.63) is 71.8 Å². The Hall–Kier alpha value is -2.22. The molecule has 0 saturated carbocycles. The van der Waals surface area contributed by atoms with Gasteiger partial charge in [0.15, 0.2) is 0 Å². The average Bonchev–Trinajstić information content (AvgIpc) is 2.57. The molecule has 2 nitrogen and oxygen atoms in total. The van der Waals surface area contributed by atoms with Gasteiger partial charge < -0.3 is 9.59 Å². The van der Waals surface area contributed by atoms with Gasteiger partial charge in [-0.1, -0.05) is 74.5 Å². The van der Waals surface area contributed by atoms with Crippen molar-refractivity contribution < 1.29 is 9.59 Å². The minimum atomic E-state index is 0.355. The van der Waals surface area contributed by atoms with Gasteiger partial charge in [-0.25, -0.2) is 0 Å². The molecule has 2 unspecified atom stereocenters. The van der Waals surface area contributed by atoms with Crippen LogP contribution < -0.4 is 0 Å². The molecule has 0 spiro atoms. The standard InChI is InChI=1S/2C10H12O/c2*1-9(7-8-11)10-5-3-2-4-6-10/h2*2-6,8-9H,7H2,1H3. The predicted octanol–water partition coefficient (Wildman–Crippen LogP) is 4.76. The maximum absolute atomic E-state index is 10.2. The van der Waals surface area contributed by atoms with Crippen LogP contribution in [-0.4, -0.2) is 12.6 Å². The summed E-state index contributed by atoms with van der Waals surface area (Å²) in [6.45, 7) is 4.12. The summed E-state index contributed by atoms with van der Waals surface area (Å²) in [5, 5.41) is 0. The van der Waals surface area contributed by atoms with Gasteiger partial charge >= 0.3 is 0 Å². The third-order valence-corrected chi connectivity index (χ3v) is 3.64. The van der Waals surface area contributed by atoms with E-state index in [2.05, 4.69) is 13.8 Å². The minimum Gasteiger partial charge on any atom is -0.303 e. The second-order valence-electron chi connectivity index (χ2n) is 5.43. The third-order valence-electron chi connectivity index (χ3n) is 3.64. The Kier molecular flexibility index (Phi) is 8.51. The van der Waals surface area contributed by atoms with Crippen LogP contribution >= 0.6 is 0 Å². The number of carbonyl (C=O) groups is 2. The predicted molar refractivity (Wildman–Crippen MR) is 91.1 cm³/mol. The number of aldehydes is 2. The van der Waals surface area contributed by atoms with Crippen LogP contribution in [0.15, 0.2) is 60.7 Å². The summed E-state index contributed by atoms with van der Waals surface area (Å²) in [5.41, 5.74) is 2.47. The van der Waals surface area contributed by atoms with E-state index in [1.165, 1.54) is 11.1 Å². The van der Waals surface area contributed by atoms with Crippen molar-refractivity contribution in [2.45, 2.75) is 38.5 Å². The highest BCUT2D eigenvalue weighted by molar-refractivity contribution is 5.51. The maximum Gasteiger partial charge on any atom is 0.120 e. The second-order valence-corrected chi connectivity index (χ2v) is 5.43. The van der Waals surface area contributed by atoms with Gasteiger partial charge in [0.25, 0.3) is 0 Å². The molecule has 2 rings (SSSR count). The molecule has 116 valence electrons. The fraction of sp³-hybridized carbons (Fsp3) is 0.300. The first-order valence-electron chi connectivity index (χ1n) is 7.66. The Balaban J connectivity index is 0.000000220. The first-order chi connectivity index (χ1) is 10.7. The summed E-state index contributed by atoms with van der Waals surface area (Å²) < 4.78 is 0. The van der Waals surface area contributed by atoms with Gasteiger partial charge in [-0.05, 0) is 23.0 Å². The van der Waals surface area contributed by atoms with E-state index in [0.29, 0.717) is 24.7 Å². The molecule has 2 atom stereocenters. The van der Waals surface area contributed by atoms with Crippen molar-refractivity contribution in [1.29, 1.82) is 0 Å². The molecular weight excluding hydrogens is 272 g/mol. The SMILES string of the molecule is CC(CC=O)c1ccccc1.CC(CC=O)c1ccccc1. The summed E-state index contributed by atoms with van der Waals surface area (Å²) in [7, 11) is 0. The highest BCUT2D eigenvalue weighted by atomic mass is 16.1. The molecule has 22 heavy (non-hydrogen) atoms. The lowest BCUT2D eigenvalue weighted by molar-refractivity contribution is -0.108. The van der Waals surface area contributed by atoms with E-state index in [9.17, 15) is 9.59 Å². The van der Waals surface area contributed by atoms with Gasteiger partial charge in [-0.15, -0.1) is 0 Å². The van der Waals surface area contributed by atoms with E-state index < -0.39 is 0 Å². The zero-order valence-corrected chi connectivity index (χ0v) is 13.3. The minimum absolute atomic E-state index is 0.355. The summed E-state index contributed by atoms with van der Waals surface area (Å²) in [5.74, 6) is 0.711. The van der Waals surface area contributed by atoms with E-state index in [0.717, 1.165) is 12.6 Å². The fourth-order valence-electron chi connectivity index (χ4n) is 2.12. The van der Waals surface area contributed by atoms with Gasteiger partial charge in [0, 0.05) is 12.8 Å². The Labute approximate surface area is 133 Å². The highest BCUT2D eigenvalue weighted by Gasteiger charge is 2.02. The Morgan fingerprint density at radius 2 is 1.00 bits per heavy atom. The van der Waals surface area contributed by atoms with E-state index >= 15 is 0 Å². The van der Waals surface area contributed by atoms with Crippen LogP contribution in [0.5, 0.6) is 0 Å². The zero-order valence-electron chi connectivity index (χ0n) is 13.3. The molecule has 0 aliphatic rings. The first kappa shape index (κ1) is 17.8. The molecule has 2 heteroatoms. The van der Waals surface area contributed by atoms with E-state index in [4.69, 9.17) is 0 Å². The summed E-state index contributed by atoms with van der Waals surface area (Å²) in [4.78, 5) is 20.4. The van der Waals surface area contributed by atoms with Crippen LogP contribution in [0.4, 0.5) is 0 Å². The van der Waals surface area contributed by atoms with Crippen molar-refractivity contribution in [2.24, 2.45) is 0 Å². The maximum atomic E-state index is 10.2. The van der Waals surface area contributed by atoms with Gasteiger partial charge in [-0.3, -0.25) is 0 Å². The van der Waals surface area contributed by atoms with E-state index in [-0.39, 0.29) is 0 Å². The molecule has 0 amide bonds. The summed E-state index contributed by atoms with van der Waals surface area (Å²) >= 11 is 0. The highest BCUT2D eigenvalue weighted by Crippen LogP contribution is 2.17. The number of rotatable bonds is 6. The van der Waals surface area contributed by atoms with Crippen molar-refractivity contribution in [3.63, 3.8) is 0 Å². The van der Waals surface area contributed by atoms with E-state index in [1.54, 1.807) is 0 Å². The van der Waals surface area contributed by atoms with Gasteiger partial charge in [0.2, 0.25) is 0 Å². The molecule has 2 aromatic carbocycles. The van der Waals surface area contributed by atoms with Crippen molar-refractivity contribution in [3.8, 4) is 0 Å². The number of hydrogen-bond acceptors (Lipinski definition) is 2. The number of hydrogen-bond donors (Lipinski definition) is 0. The van der Waals surface area contributed by atoms with Crippen LogP contribution in [0.25, 0.3) is 0 Å². The molecule has 0 aromatic heterocycles. The Bertz CT molecular complexity index is 483. The molecule has 0 saturated heterocycles. The van der Waals surface area contributed by atoms with Crippen LogP contribution in [-0.2, 0) is 9.59 Å². The lowest BCUT2D eigenvalue weighted by Crippen LogP contribution is -1.92. The molecule has 2 aromatic rings. The molecule has 0 aliphatic heterocycles. The normalized spacial score (nSPS) is 12.5. The van der Waals surface area contributed by atoms with Gasteiger partial charge in [0.1, 0.15) is 12.6 Å². The number of carbonyl (C=O) groups excluding carboxylic acids is 2. The molecule has 0 heterocycles. The van der Waals surface area contributed by atoms with E-state index in [1.807, 2.05) is 60.7 Å². The van der Waals surface area contributed by atoms with Crippen molar-refractivity contribution in [1.82, 2.24) is 0 Å². The Morgan fingerprint density at radius 3 is 1.27 bits per heavy atom. The summed E-state index contributed by atoms with van der Waals surface area (Å²) in [6, 6.07) is 20.2. The van der Waals surface area contributed by atoms with Crippen LogP contribution in [0, 0.1) is 0 Å². The van der Waals surface area contributed by atoms with Crippen LogP contribution in [0.2, 0.25) is 0 Å². The third kappa shape index (κ3) is 6.49. The lowest BCUT2D eigenvalue weighted by Gasteiger charge is -2.06. The molecular formula is C20H24O2. The molecule has 0 aliphatic carbocycles. The second kappa shape index (κ2) is 10.5. The smallest absolute Gasteiger partial charge is 0.120 e. The monoisotopic (exact) mass is 296 g/mol. The molecule has 0 radical (unpaired) electrons. The molecule has 0 N–H and O–H groups in total. The largest absolute Gasteiger partial charge is 0.303 e. The molecule has 0 fully saturated rings. The molecule has 0 bridgehead atoms. The van der Waals surface area contributed by atoms with Gasteiger partial charge in [-0.2, -0.15) is 0 Å². The van der Waals surface area contributed by atoms with Crippen molar-refractivity contribution >= 4 is 12.6 Å². The average molecular weight is 296 g/mol. The fourth-order valence-corrected chi connectivity index (χ4v) is 2.12.